The number of hydrogen-bond acceptors (Lipinski definition) is 5. The molecule has 0 fully saturated rings. The number of benzene rings is 1. The van der Waals surface area contributed by atoms with Gasteiger partial charge in [0.1, 0.15) is 5.75 Å². The number of rotatable bonds is 6. The minimum Gasteiger partial charge on any atom is -0.482 e. The molecule has 2 heterocycles. The number of pyridine rings is 1. The van der Waals surface area contributed by atoms with Crippen LogP contribution >= 0.6 is 11.6 Å². The quantitative estimate of drug-likeness (QED) is 0.578. The van der Waals surface area contributed by atoms with E-state index in [0.717, 1.165) is 30.8 Å². The van der Waals surface area contributed by atoms with Crippen LogP contribution in [-0.2, 0) is 16.1 Å². The van der Waals surface area contributed by atoms with Gasteiger partial charge in [0.2, 0.25) is 5.91 Å². The van der Waals surface area contributed by atoms with E-state index in [2.05, 4.69) is 23.7 Å². The Kier molecular flexibility index (Phi) is 9.93. The normalized spacial score (nSPS) is 15.6. The molecule has 7 nitrogen and oxygen atoms in total. The van der Waals surface area contributed by atoms with E-state index < -0.39 is 0 Å². The Labute approximate surface area is 214 Å². The van der Waals surface area contributed by atoms with Gasteiger partial charge in [-0.15, -0.1) is 0 Å². The number of ether oxygens (including phenoxy) is 1. The van der Waals surface area contributed by atoms with E-state index in [1.807, 2.05) is 41.8 Å². The molecule has 1 aromatic heterocycles. The molecule has 8 heteroatoms. The number of nitrogens with zero attached hydrogens (tertiary/aromatic N) is 4. The summed E-state index contributed by atoms with van der Waals surface area (Å²) in [5, 5.41) is 0.572. The largest absolute Gasteiger partial charge is 0.482 e. The third-order valence-electron chi connectivity index (χ3n) is 6.15. The molecular weight excluding hydrogens is 464 g/mol. The van der Waals surface area contributed by atoms with Crippen LogP contribution < -0.4 is 9.64 Å². The lowest BCUT2D eigenvalue weighted by molar-refractivity contribution is -0.134. The highest BCUT2D eigenvalue weighted by Gasteiger charge is 2.25. The molecule has 1 aliphatic rings. The Bertz CT molecular complexity index is 984. The van der Waals surface area contributed by atoms with Crippen molar-refractivity contribution in [2.45, 2.75) is 53.1 Å². The highest BCUT2D eigenvalue weighted by atomic mass is 35.5. The Morgan fingerprint density at radius 2 is 1.86 bits per heavy atom. The van der Waals surface area contributed by atoms with Crippen LogP contribution in [0.1, 0.15) is 46.1 Å². The number of aromatic nitrogens is 1. The summed E-state index contributed by atoms with van der Waals surface area (Å²) < 4.78 is 5.71. The third kappa shape index (κ3) is 7.94. The smallest absolute Gasteiger partial charge is 0.260 e. The molecule has 3 rings (SSSR count). The van der Waals surface area contributed by atoms with E-state index in [-0.39, 0.29) is 24.3 Å². The second-order valence-corrected chi connectivity index (χ2v) is 10.1. The van der Waals surface area contributed by atoms with Crippen molar-refractivity contribution in [1.82, 2.24) is 14.8 Å². The number of carbonyl (C=O) groups excluding carboxylic acids is 2. The molecule has 0 atom stereocenters. The number of anilines is 1. The van der Waals surface area contributed by atoms with E-state index in [4.69, 9.17) is 16.3 Å². The van der Waals surface area contributed by atoms with Gasteiger partial charge in [-0.2, -0.15) is 0 Å². The average molecular weight is 501 g/mol. The SMILES string of the molecule is CC(C)CC(=O)N1CCCN(C(C)C)CCN(C(=O)COc2cccnc2)Cc2ccc(Cl)cc21. The summed E-state index contributed by atoms with van der Waals surface area (Å²) in [6.07, 6.45) is 4.56. The van der Waals surface area contributed by atoms with Crippen molar-refractivity contribution in [3.63, 3.8) is 0 Å². The van der Waals surface area contributed by atoms with Gasteiger partial charge in [-0.25, -0.2) is 0 Å². The minimum absolute atomic E-state index is 0.0771. The molecule has 190 valence electrons. The van der Waals surface area contributed by atoms with Crippen LogP contribution in [0.4, 0.5) is 5.69 Å². The van der Waals surface area contributed by atoms with Crippen molar-refractivity contribution >= 4 is 29.1 Å². The first-order chi connectivity index (χ1) is 16.7. The first-order valence-corrected chi connectivity index (χ1v) is 12.8. The Morgan fingerprint density at radius 1 is 1.06 bits per heavy atom. The topological polar surface area (TPSA) is 66.0 Å². The average Bonchev–Trinajstić information content (AvgIpc) is 2.85. The van der Waals surface area contributed by atoms with Crippen molar-refractivity contribution in [2.24, 2.45) is 5.92 Å². The van der Waals surface area contributed by atoms with Gasteiger partial charge in [0.05, 0.1) is 11.9 Å². The maximum atomic E-state index is 13.3. The molecule has 0 aliphatic carbocycles. The molecule has 0 unspecified atom stereocenters. The summed E-state index contributed by atoms with van der Waals surface area (Å²) in [5.41, 5.74) is 1.69. The molecule has 0 radical (unpaired) electrons. The predicted molar refractivity (Wildman–Crippen MR) is 140 cm³/mol. The van der Waals surface area contributed by atoms with Crippen LogP contribution in [0.3, 0.4) is 0 Å². The maximum absolute atomic E-state index is 13.3. The molecule has 35 heavy (non-hydrogen) atoms. The number of hydrogen-bond donors (Lipinski definition) is 0. The number of amides is 2. The van der Waals surface area contributed by atoms with Gasteiger partial charge in [-0.3, -0.25) is 19.5 Å². The van der Waals surface area contributed by atoms with Crippen LogP contribution in [-0.4, -0.2) is 65.4 Å². The first kappa shape index (κ1) is 27.0. The van der Waals surface area contributed by atoms with Crippen LogP contribution in [0, 0.1) is 5.92 Å². The lowest BCUT2D eigenvalue weighted by Gasteiger charge is -2.30. The summed E-state index contributed by atoms with van der Waals surface area (Å²) in [4.78, 5) is 36.6. The van der Waals surface area contributed by atoms with E-state index in [1.165, 1.54) is 0 Å². The van der Waals surface area contributed by atoms with Gasteiger partial charge in [0, 0.05) is 56.4 Å². The van der Waals surface area contributed by atoms with E-state index in [9.17, 15) is 9.59 Å². The number of halogens is 1. The highest BCUT2D eigenvalue weighted by Crippen LogP contribution is 2.28. The first-order valence-electron chi connectivity index (χ1n) is 12.4. The third-order valence-corrected chi connectivity index (χ3v) is 6.38. The van der Waals surface area contributed by atoms with Crippen LogP contribution in [0.2, 0.25) is 5.02 Å². The van der Waals surface area contributed by atoms with E-state index >= 15 is 0 Å². The lowest BCUT2D eigenvalue weighted by atomic mass is 10.1. The molecule has 1 aromatic carbocycles. The van der Waals surface area contributed by atoms with Crippen molar-refractivity contribution < 1.29 is 14.3 Å². The lowest BCUT2D eigenvalue weighted by Crippen LogP contribution is -2.42. The number of carbonyl (C=O) groups is 2. The fourth-order valence-electron chi connectivity index (χ4n) is 4.24. The summed E-state index contributed by atoms with van der Waals surface area (Å²) in [7, 11) is 0. The second kappa shape index (κ2) is 12.9. The van der Waals surface area contributed by atoms with Gasteiger partial charge in [-0.05, 0) is 56.0 Å². The minimum atomic E-state index is -0.113. The fourth-order valence-corrected chi connectivity index (χ4v) is 4.40. The molecule has 0 saturated carbocycles. The van der Waals surface area contributed by atoms with Crippen molar-refractivity contribution in [1.29, 1.82) is 0 Å². The van der Waals surface area contributed by atoms with Crippen molar-refractivity contribution in [3.05, 3.63) is 53.3 Å². The van der Waals surface area contributed by atoms with Gasteiger partial charge >= 0.3 is 0 Å². The molecule has 0 saturated heterocycles. The second-order valence-electron chi connectivity index (χ2n) is 9.69. The zero-order valence-electron chi connectivity index (χ0n) is 21.2. The van der Waals surface area contributed by atoms with E-state index in [1.54, 1.807) is 24.5 Å². The molecule has 0 spiro atoms. The Hall–Kier alpha value is -2.64. The molecule has 1 aliphatic heterocycles. The monoisotopic (exact) mass is 500 g/mol. The predicted octanol–water partition coefficient (Wildman–Crippen LogP) is 4.64. The zero-order valence-corrected chi connectivity index (χ0v) is 22.0. The van der Waals surface area contributed by atoms with Crippen molar-refractivity contribution in [2.75, 3.05) is 37.7 Å². The summed E-state index contributed by atoms with van der Waals surface area (Å²) >= 11 is 6.38. The van der Waals surface area contributed by atoms with Gasteiger partial charge < -0.3 is 14.5 Å². The number of fused-ring (bicyclic) bond motifs is 1. The molecular formula is C27H37ClN4O3. The van der Waals surface area contributed by atoms with Gasteiger partial charge in [-0.1, -0.05) is 31.5 Å². The van der Waals surface area contributed by atoms with Gasteiger partial charge in [0.25, 0.3) is 5.91 Å². The Balaban J connectivity index is 1.91. The summed E-state index contributed by atoms with van der Waals surface area (Å²) in [5.74, 6) is 0.771. The molecule has 0 N–H and O–H groups in total. The zero-order chi connectivity index (χ0) is 25.4. The fraction of sp³-hybridized carbons (Fsp3) is 0.519. The Morgan fingerprint density at radius 3 is 2.54 bits per heavy atom. The van der Waals surface area contributed by atoms with Crippen LogP contribution in [0.25, 0.3) is 0 Å². The summed E-state index contributed by atoms with van der Waals surface area (Å²) in [6, 6.07) is 9.48. The standard InChI is InChI=1S/C27H37ClN4O3/c1-20(2)15-26(33)32-12-6-11-30(21(3)4)13-14-31(18-22-8-9-23(28)16-25(22)32)27(34)19-35-24-7-5-10-29-17-24/h5,7-10,16-17,20-21H,6,11-15,18-19H2,1-4H3. The van der Waals surface area contributed by atoms with Crippen LogP contribution in [0.15, 0.2) is 42.7 Å². The van der Waals surface area contributed by atoms with Crippen LogP contribution in [0.5, 0.6) is 5.75 Å². The maximum Gasteiger partial charge on any atom is 0.260 e. The van der Waals surface area contributed by atoms with E-state index in [0.29, 0.717) is 42.9 Å². The molecule has 2 amide bonds. The molecule has 2 aromatic rings. The van der Waals surface area contributed by atoms with Crippen molar-refractivity contribution in [3.8, 4) is 5.75 Å². The highest BCUT2D eigenvalue weighted by molar-refractivity contribution is 6.31. The molecule has 0 bridgehead atoms. The summed E-state index contributed by atoms with van der Waals surface area (Å²) in [6.45, 7) is 11.5. The van der Waals surface area contributed by atoms with Gasteiger partial charge in [0.15, 0.2) is 6.61 Å².